The molecule has 3 fully saturated rings. The lowest BCUT2D eigenvalue weighted by Crippen LogP contribution is -2.55. The van der Waals surface area contributed by atoms with Crippen molar-refractivity contribution in [3.63, 3.8) is 0 Å². The van der Waals surface area contributed by atoms with Gasteiger partial charge in [0.1, 0.15) is 0 Å². The molecule has 2 unspecified atom stereocenters. The lowest BCUT2D eigenvalue weighted by Gasteiger charge is -2.42. The zero-order valence-corrected chi connectivity index (χ0v) is 14.4. The molecule has 2 atom stereocenters. The maximum absolute atomic E-state index is 12.9. The first-order chi connectivity index (χ1) is 11.0. The Balaban J connectivity index is 1.54. The number of nitrogens with two attached hydrogens (primary N) is 1. The molecule has 5 heteroatoms. The van der Waals surface area contributed by atoms with E-state index in [0.29, 0.717) is 5.91 Å². The minimum Gasteiger partial charge on any atom is -0.342 e. The maximum atomic E-state index is 12.9. The molecule has 2 amide bonds. The molecule has 0 radical (unpaired) electrons. The molecule has 0 aromatic heterocycles. The average molecular weight is 321 g/mol. The summed E-state index contributed by atoms with van der Waals surface area (Å²) in [4.78, 5) is 29.3. The minimum atomic E-state index is -0.364. The molecule has 3 aliphatic rings. The molecular formula is C18H31N3O2. The molecule has 2 saturated heterocycles. The second kappa shape index (κ2) is 6.80. The van der Waals surface area contributed by atoms with Crippen molar-refractivity contribution in [2.24, 2.45) is 17.6 Å². The van der Waals surface area contributed by atoms with E-state index in [1.54, 1.807) is 0 Å². The molecule has 2 N–H and O–H groups in total. The van der Waals surface area contributed by atoms with E-state index < -0.39 is 0 Å². The highest BCUT2D eigenvalue weighted by Crippen LogP contribution is 2.34. The summed E-state index contributed by atoms with van der Waals surface area (Å²) in [7, 11) is 0. The van der Waals surface area contributed by atoms with Crippen LogP contribution in [0.5, 0.6) is 0 Å². The Morgan fingerprint density at radius 2 is 1.48 bits per heavy atom. The number of nitrogens with zero attached hydrogens (tertiary/aromatic N) is 2. The normalized spacial score (nSPS) is 33.0. The van der Waals surface area contributed by atoms with Crippen LogP contribution >= 0.6 is 0 Å². The van der Waals surface area contributed by atoms with Gasteiger partial charge in [-0.05, 0) is 45.4 Å². The van der Waals surface area contributed by atoms with Crippen molar-refractivity contribution in [2.75, 3.05) is 26.2 Å². The van der Waals surface area contributed by atoms with Gasteiger partial charge in [0.05, 0.1) is 5.92 Å². The predicted octanol–water partition coefficient (Wildman–Crippen LogP) is 1.75. The number of hydrogen-bond donors (Lipinski definition) is 1. The van der Waals surface area contributed by atoms with Gasteiger partial charge in [0, 0.05) is 37.6 Å². The summed E-state index contributed by atoms with van der Waals surface area (Å²) in [6.45, 7) is 5.31. The van der Waals surface area contributed by atoms with Crippen LogP contribution in [0.3, 0.4) is 0 Å². The fourth-order valence-electron chi connectivity index (χ4n) is 4.53. The van der Waals surface area contributed by atoms with Crippen LogP contribution in [0.4, 0.5) is 0 Å². The van der Waals surface area contributed by atoms with Gasteiger partial charge in [-0.25, -0.2) is 0 Å². The van der Waals surface area contributed by atoms with Gasteiger partial charge in [-0.2, -0.15) is 0 Å². The highest BCUT2D eigenvalue weighted by Gasteiger charge is 2.41. The molecule has 3 rings (SSSR count). The van der Waals surface area contributed by atoms with Gasteiger partial charge in [-0.3, -0.25) is 9.59 Å². The molecule has 2 heterocycles. The fourth-order valence-corrected chi connectivity index (χ4v) is 4.53. The minimum absolute atomic E-state index is 0.0397. The molecule has 23 heavy (non-hydrogen) atoms. The molecule has 5 nitrogen and oxygen atoms in total. The molecule has 0 bridgehead atoms. The van der Waals surface area contributed by atoms with Crippen molar-refractivity contribution >= 4 is 11.8 Å². The number of hydrogen-bond acceptors (Lipinski definition) is 3. The number of piperidine rings is 1. The summed E-state index contributed by atoms with van der Waals surface area (Å²) in [6.07, 6.45) is 7.99. The summed E-state index contributed by atoms with van der Waals surface area (Å²) in [5.41, 5.74) is 6.02. The molecule has 2 aliphatic heterocycles. The Morgan fingerprint density at radius 3 is 2.09 bits per heavy atom. The first-order valence-electron chi connectivity index (χ1n) is 9.35. The van der Waals surface area contributed by atoms with Crippen LogP contribution in [0.15, 0.2) is 0 Å². The van der Waals surface area contributed by atoms with Crippen molar-refractivity contribution in [1.29, 1.82) is 0 Å². The van der Waals surface area contributed by atoms with E-state index in [1.165, 1.54) is 0 Å². The Hall–Kier alpha value is -1.10. The number of rotatable bonds is 2. The maximum Gasteiger partial charge on any atom is 0.227 e. The van der Waals surface area contributed by atoms with Crippen LogP contribution < -0.4 is 5.73 Å². The van der Waals surface area contributed by atoms with Gasteiger partial charge in [-0.15, -0.1) is 0 Å². The van der Waals surface area contributed by atoms with Gasteiger partial charge in [0.15, 0.2) is 0 Å². The van der Waals surface area contributed by atoms with Crippen LogP contribution in [-0.4, -0.2) is 53.3 Å². The molecule has 0 aromatic rings. The number of amides is 2. The van der Waals surface area contributed by atoms with Crippen molar-refractivity contribution in [2.45, 2.75) is 63.8 Å². The highest BCUT2D eigenvalue weighted by molar-refractivity contribution is 5.82. The summed E-state index contributed by atoms with van der Waals surface area (Å²) in [5.74, 6) is 0.618. The number of likely N-dealkylation sites (tertiary alicyclic amines) is 2. The van der Waals surface area contributed by atoms with Crippen molar-refractivity contribution in [1.82, 2.24) is 9.80 Å². The Bertz CT molecular complexity index is 449. The first kappa shape index (κ1) is 16.7. The van der Waals surface area contributed by atoms with Crippen LogP contribution in [0.1, 0.15) is 58.3 Å². The lowest BCUT2D eigenvalue weighted by atomic mass is 9.73. The van der Waals surface area contributed by atoms with Gasteiger partial charge in [0.2, 0.25) is 11.8 Å². The summed E-state index contributed by atoms with van der Waals surface area (Å²) >= 11 is 0. The van der Waals surface area contributed by atoms with Crippen LogP contribution in [-0.2, 0) is 9.59 Å². The average Bonchev–Trinajstić information content (AvgIpc) is 3.08. The van der Waals surface area contributed by atoms with Gasteiger partial charge in [0.25, 0.3) is 0 Å². The standard InChI is InChI=1S/C18H31N3O2/c1-18(19)9-3-2-6-15(18)17(23)21-12-7-14(8-13-21)16(22)20-10-4-5-11-20/h14-15H,2-13,19H2,1H3. The van der Waals surface area contributed by atoms with Crippen LogP contribution in [0, 0.1) is 11.8 Å². The smallest absolute Gasteiger partial charge is 0.227 e. The summed E-state index contributed by atoms with van der Waals surface area (Å²) < 4.78 is 0. The monoisotopic (exact) mass is 321 g/mol. The Labute approximate surface area is 139 Å². The molecule has 1 saturated carbocycles. The second-order valence-corrected chi connectivity index (χ2v) is 7.94. The third-order valence-electron chi connectivity index (χ3n) is 6.13. The van der Waals surface area contributed by atoms with Gasteiger partial charge < -0.3 is 15.5 Å². The van der Waals surface area contributed by atoms with Crippen LogP contribution in [0.2, 0.25) is 0 Å². The Morgan fingerprint density at radius 1 is 0.870 bits per heavy atom. The number of carbonyl (C=O) groups is 2. The lowest BCUT2D eigenvalue weighted by molar-refractivity contribution is -0.144. The molecular weight excluding hydrogens is 290 g/mol. The summed E-state index contributed by atoms with van der Waals surface area (Å²) in [6, 6.07) is 0. The van der Waals surface area contributed by atoms with E-state index in [1.807, 2.05) is 16.7 Å². The van der Waals surface area contributed by atoms with Gasteiger partial charge >= 0.3 is 0 Å². The van der Waals surface area contributed by atoms with E-state index >= 15 is 0 Å². The van der Waals surface area contributed by atoms with Crippen molar-refractivity contribution < 1.29 is 9.59 Å². The van der Waals surface area contributed by atoms with Crippen molar-refractivity contribution in [3.8, 4) is 0 Å². The highest BCUT2D eigenvalue weighted by atomic mass is 16.2. The topological polar surface area (TPSA) is 66.6 Å². The zero-order valence-electron chi connectivity index (χ0n) is 14.4. The van der Waals surface area contributed by atoms with Crippen molar-refractivity contribution in [3.05, 3.63) is 0 Å². The third-order valence-corrected chi connectivity index (χ3v) is 6.13. The number of carbonyl (C=O) groups excluding carboxylic acids is 2. The third kappa shape index (κ3) is 3.54. The van der Waals surface area contributed by atoms with E-state index in [9.17, 15) is 9.59 Å². The second-order valence-electron chi connectivity index (χ2n) is 7.94. The fraction of sp³-hybridized carbons (Fsp3) is 0.889. The molecule has 1 aliphatic carbocycles. The van der Waals surface area contributed by atoms with Gasteiger partial charge in [-0.1, -0.05) is 12.8 Å². The predicted molar refractivity (Wildman–Crippen MR) is 89.7 cm³/mol. The molecule has 0 spiro atoms. The molecule has 0 aromatic carbocycles. The van der Waals surface area contributed by atoms with Crippen LogP contribution in [0.25, 0.3) is 0 Å². The summed E-state index contributed by atoms with van der Waals surface area (Å²) in [5, 5.41) is 0. The van der Waals surface area contributed by atoms with E-state index in [2.05, 4.69) is 0 Å². The first-order valence-corrected chi connectivity index (χ1v) is 9.35. The molecule has 130 valence electrons. The van der Waals surface area contributed by atoms with E-state index in [0.717, 1.165) is 77.5 Å². The van der Waals surface area contributed by atoms with E-state index in [-0.39, 0.29) is 23.3 Å². The quantitative estimate of drug-likeness (QED) is 0.842. The Kier molecular flexibility index (Phi) is 4.95. The zero-order chi connectivity index (χ0) is 16.4. The van der Waals surface area contributed by atoms with E-state index in [4.69, 9.17) is 5.73 Å². The largest absolute Gasteiger partial charge is 0.342 e. The SMILES string of the molecule is CC1(N)CCCCC1C(=O)N1CCC(C(=O)N2CCCC2)CC1.